The third-order valence-electron chi connectivity index (χ3n) is 6.32. The van der Waals surface area contributed by atoms with Crippen LogP contribution in [0.5, 0.6) is 0 Å². The minimum atomic E-state index is -2.73. The average Bonchev–Trinajstić information content (AvgIpc) is 3.36. The fourth-order valence-corrected chi connectivity index (χ4v) is 7.37. The first-order valence-electron chi connectivity index (χ1n) is 12.9. The Balaban J connectivity index is 1.54. The summed E-state index contributed by atoms with van der Waals surface area (Å²) in [6.45, 7) is 8.25. The number of nitrogens with one attached hydrogen (secondary N) is 2. The van der Waals surface area contributed by atoms with Crippen molar-refractivity contribution in [2.45, 2.75) is 57.4 Å². The third-order valence-corrected chi connectivity index (χ3v) is 9.47. The number of alkyl carbamates (subject to hydrolysis) is 1. The number of amides is 1. The second-order valence-electron chi connectivity index (χ2n) is 8.73. The molecule has 1 unspecified atom stereocenters. The summed E-state index contributed by atoms with van der Waals surface area (Å²) < 4.78 is 23.3. The van der Waals surface area contributed by atoms with Gasteiger partial charge in [0, 0.05) is 51.4 Å². The molecule has 0 aliphatic carbocycles. The van der Waals surface area contributed by atoms with E-state index in [0.29, 0.717) is 51.8 Å². The van der Waals surface area contributed by atoms with Crippen molar-refractivity contribution in [3.63, 3.8) is 0 Å². The lowest BCUT2D eigenvalue weighted by atomic mass is 9.79. The molecule has 0 aromatic heterocycles. The van der Waals surface area contributed by atoms with Crippen LogP contribution in [0.2, 0.25) is 6.04 Å². The van der Waals surface area contributed by atoms with Crippen molar-refractivity contribution in [2.24, 2.45) is 0 Å². The van der Waals surface area contributed by atoms with Gasteiger partial charge in [-0.2, -0.15) is 0 Å². The minimum absolute atomic E-state index is 0.310. The van der Waals surface area contributed by atoms with E-state index in [-0.39, 0.29) is 12.1 Å². The van der Waals surface area contributed by atoms with Gasteiger partial charge in [0.1, 0.15) is 11.7 Å². The zero-order chi connectivity index (χ0) is 25.9. The van der Waals surface area contributed by atoms with Crippen LogP contribution in [-0.2, 0) is 23.6 Å². The van der Waals surface area contributed by atoms with Crippen LogP contribution in [0.3, 0.4) is 0 Å². The quantitative estimate of drug-likeness (QED) is 0.259. The molecule has 36 heavy (non-hydrogen) atoms. The van der Waals surface area contributed by atoms with Gasteiger partial charge >= 0.3 is 14.9 Å². The van der Waals surface area contributed by atoms with E-state index in [1.165, 1.54) is 0 Å². The summed E-state index contributed by atoms with van der Waals surface area (Å²) in [7, 11) is -2.73. The van der Waals surface area contributed by atoms with Crippen LogP contribution >= 0.6 is 0 Å². The standard InChI is InChI=1S/C27H40N2O6Si/c1-4-32-36(33-5-2,34-6-3)19-13-18-28-26(30)35-24-20-25(29-21-24)27(31,22-14-9-7-10-15-22)23-16-11-8-12-17-23/h7-12,14-17,24-25,29,31H,4-6,13,18-21H2,1-3H3,(H,28,30)/t24?,25-/m0/s1. The van der Waals surface area contributed by atoms with Gasteiger partial charge < -0.3 is 33.8 Å². The Morgan fingerprint density at radius 1 is 0.972 bits per heavy atom. The predicted molar refractivity (Wildman–Crippen MR) is 141 cm³/mol. The van der Waals surface area contributed by atoms with E-state index in [2.05, 4.69) is 10.6 Å². The minimum Gasteiger partial charge on any atom is -0.445 e. The fourth-order valence-electron chi connectivity index (χ4n) is 4.75. The SMILES string of the molecule is CCO[Si](CCCNC(=O)OC1CN[C@H](C(O)(c2ccccc2)c2ccccc2)C1)(OCC)OCC. The number of aliphatic hydroxyl groups is 1. The maximum Gasteiger partial charge on any atom is 0.500 e. The van der Waals surface area contributed by atoms with Gasteiger partial charge in [-0.25, -0.2) is 4.79 Å². The molecule has 0 radical (unpaired) electrons. The number of hydrogen-bond acceptors (Lipinski definition) is 7. The van der Waals surface area contributed by atoms with E-state index in [0.717, 1.165) is 11.1 Å². The van der Waals surface area contributed by atoms with Gasteiger partial charge in [-0.05, 0) is 38.3 Å². The highest BCUT2D eigenvalue weighted by molar-refractivity contribution is 6.60. The molecule has 1 fully saturated rings. The first-order chi connectivity index (χ1) is 17.5. The van der Waals surface area contributed by atoms with Crippen molar-refractivity contribution in [1.29, 1.82) is 0 Å². The summed E-state index contributed by atoms with van der Waals surface area (Å²) in [6.07, 6.45) is 0.330. The highest BCUT2D eigenvalue weighted by Crippen LogP contribution is 2.37. The molecule has 9 heteroatoms. The van der Waals surface area contributed by atoms with E-state index >= 15 is 0 Å². The lowest BCUT2D eigenvalue weighted by Crippen LogP contribution is -2.46. The number of carbonyl (C=O) groups excluding carboxylic acids is 1. The number of rotatable bonds is 14. The van der Waals surface area contributed by atoms with Crippen LogP contribution in [0, 0.1) is 0 Å². The van der Waals surface area contributed by atoms with Crippen LogP contribution in [0.25, 0.3) is 0 Å². The zero-order valence-electron chi connectivity index (χ0n) is 21.6. The summed E-state index contributed by atoms with van der Waals surface area (Å²) in [5.74, 6) is 0. The molecule has 198 valence electrons. The first-order valence-corrected chi connectivity index (χ1v) is 14.8. The summed E-state index contributed by atoms with van der Waals surface area (Å²) >= 11 is 0. The van der Waals surface area contributed by atoms with Crippen LogP contribution < -0.4 is 10.6 Å². The van der Waals surface area contributed by atoms with Crippen molar-refractivity contribution >= 4 is 14.9 Å². The van der Waals surface area contributed by atoms with Crippen LogP contribution in [-0.4, -0.2) is 65.1 Å². The van der Waals surface area contributed by atoms with Gasteiger partial charge in [0.25, 0.3) is 0 Å². The van der Waals surface area contributed by atoms with Crippen LogP contribution in [0.1, 0.15) is 44.7 Å². The first kappa shape index (κ1) is 28.3. The van der Waals surface area contributed by atoms with Gasteiger partial charge in [0.05, 0.1) is 0 Å². The van der Waals surface area contributed by atoms with Gasteiger partial charge in [0.2, 0.25) is 0 Å². The predicted octanol–water partition coefficient (Wildman–Crippen LogP) is 3.82. The number of hydrogen-bond donors (Lipinski definition) is 3. The van der Waals surface area contributed by atoms with E-state index in [4.69, 9.17) is 18.0 Å². The van der Waals surface area contributed by atoms with Crippen molar-refractivity contribution < 1.29 is 27.9 Å². The molecule has 1 aliphatic rings. The molecular formula is C27H40N2O6Si. The summed E-state index contributed by atoms with van der Waals surface area (Å²) in [6, 6.07) is 19.5. The van der Waals surface area contributed by atoms with Gasteiger partial charge in [-0.3, -0.25) is 0 Å². The summed E-state index contributed by atoms with van der Waals surface area (Å²) in [5, 5.41) is 18.1. The fraction of sp³-hybridized carbons (Fsp3) is 0.519. The Bertz CT molecular complexity index is 860. The highest BCUT2D eigenvalue weighted by atomic mass is 28.4. The summed E-state index contributed by atoms with van der Waals surface area (Å²) in [5.41, 5.74) is 0.344. The van der Waals surface area contributed by atoms with E-state index < -0.39 is 20.5 Å². The Kier molecular flexibility index (Phi) is 10.9. The molecule has 1 amide bonds. The molecule has 2 aromatic rings. The Morgan fingerprint density at radius 3 is 2.00 bits per heavy atom. The highest BCUT2D eigenvalue weighted by Gasteiger charge is 2.45. The summed E-state index contributed by atoms with van der Waals surface area (Å²) in [4.78, 5) is 12.5. The Morgan fingerprint density at radius 2 is 1.50 bits per heavy atom. The molecule has 3 rings (SSSR count). The molecule has 2 aromatic carbocycles. The smallest absolute Gasteiger partial charge is 0.445 e. The molecule has 2 atom stereocenters. The lowest BCUT2D eigenvalue weighted by molar-refractivity contribution is 0.0372. The molecule has 3 N–H and O–H groups in total. The van der Waals surface area contributed by atoms with Crippen LogP contribution in [0.15, 0.2) is 60.7 Å². The molecule has 1 aliphatic heterocycles. The largest absolute Gasteiger partial charge is 0.500 e. The molecule has 8 nitrogen and oxygen atoms in total. The Labute approximate surface area is 215 Å². The molecule has 1 heterocycles. The monoisotopic (exact) mass is 516 g/mol. The maximum absolute atomic E-state index is 12.5. The average molecular weight is 517 g/mol. The molecular weight excluding hydrogens is 476 g/mol. The van der Waals surface area contributed by atoms with Crippen molar-refractivity contribution in [2.75, 3.05) is 32.9 Å². The second kappa shape index (κ2) is 13.9. The van der Waals surface area contributed by atoms with Crippen molar-refractivity contribution in [3.8, 4) is 0 Å². The third kappa shape index (κ3) is 7.15. The number of benzene rings is 2. The van der Waals surface area contributed by atoms with Gasteiger partial charge in [-0.1, -0.05) is 60.7 Å². The second-order valence-corrected chi connectivity index (χ2v) is 11.5. The van der Waals surface area contributed by atoms with Gasteiger partial charge in [-0.15, -0.1) is 0 Å². The van der Waals surface area contributed by atoms with E-state index in [1.807, 2.05) is 81.4 Å². The van der Waals surface area contributed by atoms with Crippen LogP contribution in [0.4, 0.5) is 4.79 Å². The Hall–Kier alpha value is -2.27. The topological polar surface area (TPSA) is 98.3 Å². The molecule has 0 saturated carbocycles. The van der Waals surface area contributed by atoms with Crippen molar-refractivity contribution in [3.05, 3.63) is 71.8 Å². The number of ether oxygens (including phenoxy) is 1. The maximum atomic E-state index is 12.5. The van der Waals surface area contributed by atoms with E-state index in [1.54, 1.807) is 0 Å². The van der Waals surface area contributed by atoms with Gasteiger partial charge in [0.15, 0.2) is 0 Å². The van der Waals surface area contributed by atoms with Crippen molar-refractivity contribution in [1.82, 2.24) is 10.6 Å². The molecule has 1 saturated heterocycles. The number of carbonyl (C=O) groups is 1. The zero-order valence-corrected chi connectivity index (χ0v) is 22.6. The molecule has 0 bridgehead atoms. The normalized spacial score (nSPS) is 18.2. The lowest BCUT2D eigenvalue weighted by Gasteiger charge is -2.35. The molecule has 0 spiro atoms. The van der Waals surface area contributed by atoms with E-state index in [9.17, 15) is 9.90 Å².